The van der Waals surface area contributed by atoms with Crippen LogP contribution < -0.4 is 0 Å². The van der Waals surface area contributed by atoms with E-state index in [-0.39, 0.29) is 10.7 Å². The smallest absolute Gasteiger partial charge is 0.291 e. The van der Waals surface area contributed by atoms with Gasteiger partial charge in [-0.25, -0.2) is 0 Å². The molecule has 114 valence electrons. The molecule has 0 saturated carbocycles. The summed E-state index contributed by atoms with van der Waals surface area (Å²) in [4.78, 5) is 12.4. The lowest BCUT2D eigenvalue weighted by molar-refractivity contribution is 0.0829. The first-order valence-corrected chi connectivity index (χ1v) is 8.41. The minimum Gasteiger partial charge on any atom is -0.291 e. The first kappa shape index (κ1) is 14.9. The number of benzene rings is 2. The molecule has 0 aromatic heterocycles. The minimum atomic E-state index is -3.94. The topological polar surface area (TPSA) is 60.4 Å². The molecule has 2 aromatic rings. The second-order valence-corrected chi connectivity index (χ2v) is 7.15. The van der Waals surface area contributed by atoms with Gasteiger partial charge in [0.05, 0.1) is 4.90 Å². The van der Waals surface area contributed by atoms with Crippen LogP contribution in [-0.4, -0.2) is 20.3 Å². The number of ketones is 1. The quantitative estimate of drug-likeness (QED) is 0.817. The molecular formula is C17H16O4S. The van der Waals surface area contributed by atoms with E-state index in [1.165, 1.54) is 12.1 Å². The summed E-state index contributed by atoms with van der Waals surface area (Å²) >= 11 is 0. The highest BCUT2D eigenvalue weighted by atomic mass is 32.2. The van der Waals surface area contributed by atoms with E-state index >= 15 is 0 Å². The van der Waals surface area contributed by atoms with Crippen LogP contribution in [0.3, 0.4) is 0 Å². The van der Waals surface area contributed by atoms with Crippen molar-refractivity contribution in [3.8, 4) is 0 Å². The number of carbonyl (C=O) groups excluding carboxylic acids is 1. The molecule has 1 aliphatic rings. The fourth-order valence-corrected chi connectivity index (χ4v) is 3.60. The zero-order chi connectivity index (χ0) is 15.9. The number of Topliss-reactive ketones (excluding diaryl/α,β-unsaturated/α-hetero) is 1. The van der Waals surface area contributed by atoms with E-state index in [4.69, 9.17) is 4.18 Å². The molecule has 0 saturated heterocycles. The molecule has 0 heterocycles. The van der Waals surface area contributed by atoms with Crippen molar-refractivity contribution in [2.75, 3.05) is 0 Å². The molecular weight excluding hydrogens is 300 g/mol. The zero-order valence-corrected chi connectivity index (χ0v) is 13.2. The molecule has 22 heavy (non-hydrogen) atoms. The van der Waals surface area contributed by atoms with E-state index in [0.717, 1.165) is 16.7 Å². The second kappa shape index (κ2) is 5.34. The maximum Gasteiger partial charge on any atom is 0.297 e. The predicted molar refractivity (Wildman–Crippen MR) is 82.5 cm³/mol. The van der Waals surface area contributed by atoms with Crippen molar-refractivity contribution < 1.29 is 17.4 Å². The molecule has 0 N–H and O–H groups in total. The molecule has 4 nitrogen and oxygen atoms in total. The van der Waals surface area contributed by atoms with Crippen molar-refractivity contribution >= 4 is 15.9 Å². The van der Waals surface area contributed by atoms with Crippen molar-refractivity contribution in [3.63, 3.8) is 0 Å². The van der Waals surface area contributed by atoms with E-state index in [2.05, 4.69) is 0 Å². The van der Waals surface area contributed by atoms with E-state index in [9.17, 15) is 13.2 Å². The molecule has 1 unspecified atom stereocenters. The van der Waals surface area contributed by atoms with Gasteiger partial charge in [-0.2, -0.15) is 8.42 Å². The number of hydrogen-bond donors (Lipinski definition) is 0. The summed E-state index contributed by atoms with van der Waals surface area (Å²) in [5.41, 5.74) is 3.32. The fraction of sp³-hybridized carbons (Fsp3) is 0.235. The van der Waals surface area contributed by atoms with Crippen molar-refractivity contribution in [1.29, 1.82) is 0 Å². The van der Waals surface area contributed by atoms with E-state index in [1.54, 1.807) is 18.2 Å². The third kappa shape index (κ3) is 2.69. The van der Waals surface area contributed by atoms with Crippen LogP contribution in [0.5, 0.6) is 0 Å². The molecule has 1 aliphatic carbocycles. The van der Waals surface area contributed by atoms with Crippen molar-refractivity contribution in [2.45, 2.75) is 31.3 Å². The Hall–Kier alpha value is -1.98. The highest BCUT2D eigenvalue weighted by molar-refractivity contribution is 7.86. The number of aryl methyl sites for hydroxylation is 2. The van der Waals surface area contributed by atoms with Crippen molar-refractivity contribution in [2.24, 2.45) is 0 Å². The van der Waals surface area contributed by atoms with Gasteiger partial charge in [0, 0.05) is 12.0 Å². The summed E-state index contributed by atoms with van der Waals surface area (Å²) in [5, 5.41) is 0. The summed E-state index contributed by atoms with van der Waals surface area (Å²) in [6, 6.07) is 11.9. The fourth-order valence-electron chi connectivity index (χ4n) is 2.55. The maximum atomic E-state index is 12.3. The van der Waals surface area contributed by atoms with Gasteiger partial charge in [-0.1, -0.05) is 35.4 Å². The molecule has 0 amide bonds. The molecule has 3 rings (SSSR count). The molecule has 0 bridgehead atoms. The highest BCUT2D eigenvalue weighted by Gasteiger charge is 2.35. The lowest BCUT2D eigenvalue weighted by Gasteiger charge is -2.10. The van der Waals surface area contributed by atoms with Gasteiger partial charge in [0.15, 0.2) is 5.78 Å². The molecule has 0 aliphatic heterocycles. The molecule has 0 fully saturated rings. The summed E-state index contributed by atoms with van der Waals surface area (Å²) in [6.45, 7) is 3.77. The summed E-state index contributed by atoms with van der Waals surface area (Å²) in [6.07, 6.45) is -0.678. The average Bonchev–Trinajstić information content (AvgIpc) is 2.75. The third-order valence-electron chi connectivity index (χ3n) is 3.78. The third-order valence-corrected chi connectivity index (χ3v) is 5.12. The Bertz CT molecular complexity index is 835. The number of hydrogen-bond acceptors (Lipinski definition) is 4. The van der Waals surface area contributed by atoms with Crippen LogP contribution in [0.4, 0.5) is 0 Å². The van der Waals surface area contributed by atoms with Gasteiger partial charge in [0.25, 0.3) is 10.1 Å². The van der Waals surface area contributed by atoms with Gasteiger partial charge >= 0.3 is 0 Å². The first-order valence-electron chi connectivity index (χ1n) is 7.00. The Kier molecular flexibility index (Phi) is 3.62. The zero-order valence-electron chi connectivity index (χ0n) is 12.4. The summed E-state index contributed by atoms with van der Waals surface area (Å²) < 4.78 is 29.8. The van der Waals surface area contributed by atoms with Crippen molar-refractivity contribution in [1.82, 2.24) is 0 Å². The molecule has 1 atom stereocenters. The molecule has 0 radical (unpaired) electrons. The number of carbonyl (C=O) groups is 1. The summed E-state index contributed by atoms with van der Waals surface area (Å²) in [7, 11) is -3.94. The number of rotatable bonds is 3. The Morgan fingerprint density at radius 2 is 1.64 bits per heavy atom. The predicted octanol–water partition coefficient (Wildman–Crippen LogP) is 2.82. The van der Waals surface area contributed by atoms with E-state index in [1.807, 2.05) is 26.0 Å². The van der Waals surface area contributed by atoms with Gasteiger partial charge in [-0.3, -0.25) is 8.98 Å². The first-order chi connectivity index (χ1) is 10.4. The molecule has 2 aromatic carbocycles. The van der Waals surface area contributed by atoms with E-state index < -0.39 is 16.2 Å². The largest absolute Gasteiger partial charge is 0.297 e. The van der Waals surface area contributed by atoms with Crippen LogP contribution in [-0.2, 0) is 20.7 Å². The van der Waals surface area contributed by atoms with Gasteiger partial charge in [0.1, 0.15) is 6.10 Å². The Morgan fingerprint density at radius 1 is 1.00 bits per heavy atom. The molecule has 5 heteroatoms. The normalized spacial score (nSPS) is 17.5. The van der Waals surface area contributed by atoms with Crippen LogP contribution in [0, 0.1) is 13.8 Å². The lowest BCUT2D eigenvalue weighted by atomic mass is 10.1. The van der Waals surface area contributed by atoms with Crippen LogP contribution in [0.25, 0.3) is 0 Å². The van der Waals surface area contributed by atoms with Crippen molar-refractivity contribution in [3.05, 3.63) is 64.7 Å². The van der Waals surface area contributed by atoms with E-state index in [0.29, 0.717) is 12.0 Å². The van der Waals surface area contributed by atoms with Gasteiger partial charge in [0.2, 0.25) is 0 Å². The Morgan fingerprint density at radius 3 is 2.32 bits per heavy atom. The summed E-state index contributed by atoms with van der Waals surface area (Å²) in [5.74, 6) is -0.269. The van der Waals surface area contributed by atoms with Crippen LogP contribution in [0.15, 0.2) is 47.4 Å². The monoisotopic (exact) mass is 316 g/mol. The Labute approximate surface area is 129 Å². The van der Waals surface area contributed by atoms with Gasteiger partial charge in [-0.05, 0) is 37.6 Å². The highest BCUT2D eigenvalue weighted by Crippen LogP contribution is 2.27. The minimum absolute atomic E-state index is 0.0676. The van der Waals surface area contributed by atoms with Gasteiger partial charge in [-0.15, -0.1) is 0 Å². The lowest BCUT2D eigenvalue weighted by Crippen LogP contribution is -2.24. The second-order valence-electron chi connectivity index (χ2n) is 5.58. The van der Waals surface area contributed by atoms with Crippen LogP contribution in [0.2, 0.25) is 0 Å². The van der Waals surface area contributed by atoms with Crippen LogP contribution in [0.1, 0.15) is 27.0 Å². The SMILES string of the molecule is Cc1ccc(S(=O)(=O)OC2Cc3ccc(C)cc3C2=O)cc1. The maximum absolute atomic E-state index is 12.3. The molecule has 0 spiro atoms. The number of fused-ring (bicyclic) bond motifs is 1. The Balaban J connectivity index is 1.85. The van der Waals surface area contributed by atoms with Crippen LogP contribution >= 0.6 is 0 Å². The standard InChI is InChI=1S/C17H16O4S/c1-11-4-7-14(8-5-11)22(19,20)21-16-10-13-6-3-12(2)9-15(13)17(16)18/h3-9,16H,10H2,1-2H3. The average molecular weight is 316 g/mol. The van der Waals surface area contributed by atoms with Gasteiger partial charge < -0.3 is 0 Å².